The zero-order valence-corrected chi connectivity index (χ0v) is 39.0. The van der Waals surface area contributed by atoms with E-state index in [2.05, 4.69) is 10.6 Å². The highest BCUT2D eigenvalue weighted by molar-refractivity contribution is 8.00. The minimum Gasteiger partial charge on any atom is -0.480 e. The number of carbonyl (C=O) groups is 6. The van der Waals surface area contributed by atoms with Crippen LogP contribution in [0.5, 0.6) is 0 Å². The van der Waals surface area contributed by atoms with Crippen LogP contribution in [0.2, 0.25) is 0 Å². The third kappa shape index (κ3) is 18.2. The number of amides is 5. The van der Waals surface area contributed by atoms with Crippen molar-refractivity contribution in [3.05, 3.63) is 95.8 Å². The number of hydrogen-bond acceptors (Lipinski definition) is 12. The van der Waals surface area contributed by atoms with Gasteiger partial charge in [0, 0.05) is 67.0 Å². The van der Waals surface area contributed by atoms with Gasteiger partial charge in [0.25, 0.3) is 11.8 Å². The number of halogens is 2. The van der Waals surface area contributed by atoms with Gasteiger partial charge in [-0.1, -0.05) is 51.1 Å². The van der Waals surface area contributed by atoms with E-state index in [1.54, 1.807) is 17.2 Å². The number of imide groups is 1. The lowest BCUT2D eigenvalue weighted by molar-refractivity contribution is -0.141. The van der Waals surface area contributed by atoms with Crippen molar-refractivity contribution in [2.45, 2.75) is 52.2 Å². The van der Waals surface area contributed by atoms with E-state index in [1.807, 2.05) is 55.7 Å². The number of nitrogens with one attached hydrogen (secondary N) is 2. The molecule has 1 aliphatic heterocycles. The van der Waals surface area contributed by atoms with E-state index in [0.717, 1.165) is 52.6 Å². The summed E-state index contributed by atoms with van der Waals surface area (Å²) in [5.74, 6) is -4.95. The summed E-state index contributed by atoms with van der Waals surface area (Å²) >= 11 is 1.08. The molecule has 4 rings (SSSR count). The average Bonchev–Trinajstić information content (AvgIpc) is 3.83. The number of hydrogen-bond donors (Lipinski definition) is 4. The van der Waals surface area contributed by atoms with Crippen molar-refractivity contribution in [3.63, 3.8) is 0 Å². The Morgan fingerprint density at radius 2 is 1.48 bits per heavy atom. The molecule has 2 unspecified atom stereocenters. The van der Waals surface area contributed by atoms with Crippen molar-refractivity contribution in [1.29, 1.82) is 0 Å². The fourth-order valence-electron chi connectivity index (χ4n) is 7.04. The van der Waals surface area contributed by atoms with Gasteiger partial charge in [-0.2, -0.15) is 0 Å². The number of carboxylic acids is 1. The highest BCUT2D eigenvalue weighted by Crippen LogP contribution is 2.41. The van der Waals surface area contributed by atoms with Gasteiger partial charge in [0.05, 0.1) is 64.6 Å². The molecule has 1 aliphatic rings. The molecule has 366 valence electrons. The molecule has 0 aliphatic carbocycles. The van der Waals surface area contributed by atoms with E-state index in [9.17, 15) is 38.3 Å². The maximum absolute atomic E-state index is 15.1. The second-order valence-electron chi connectivity index (χ2n) is 16.5. The number of carbonyl (C=O) groups excluding carboxylic acids is 5. The van der Waals surface area contributed by atoms with Crippen molar-refractivity contribution in [2.75, 3.05) is 90.5 Å². The second kappa shape index (κ2) is 28.0. The number of aromatic nitrogens is 1. The number of rotatable bonds is 31. The molecule has 0 radical (unpaired) electrons. The first-order valence-electron chi connectivity index (χ1n) is 22.0. The van der Waals surface area contributed by atoms with Gasteiger partial charge in [0.2, 0.25) is 17.7 Å². The van der Waals surface area contributed by atoms with Crippen LogP contribution < -0.4 is 16.4 Å². The maximum Gasteiger partial charge on any atom is 0.327 e. The molecule has 0 bridgehead atoms. The van der Waals surface area contributed by atoms with E-state index < -0.39 is 58.7 Å². The minimum absolute atomic E-state index is 0.0248. The van der Waals surface area contributed by atoms with Gasteiger partial charge in [-0.05, 0) is 48.2 Å². The summed E-state index contributed by atoms with van der Waals surface area (Å²) in [4.78, 5) is 76.5. The molecule has 20 heteroatoms. The molecule has 1 aromatic heterocycles. The lowest BCUT2D eigenvalue weighted by atomic mass is 9.83. The van der Waals surface area contributed by atoms with E-state index in [1.165, 1.54) is 0 Å². The van der Waals surface area contributed by atoms with Crippen LogP contribution in [-0.2, 0) is 54.3 Å². The van der Waals surface area contributed by atoms with E-state index in [4.69, 9.17) is 24.7 Å². The third-order valence-electron chi connectivity index (χ3n) is 10.2. The van der Waals surface area contributed by atoms with E-state index in [-0.39, 0.29) is 88.7 Å². The van der Waals surface area contributed by atoms with Gasteiger partial charge in [0.15, 0.2) is 0 Å². The van der Waals surface area contributed by atoms with Crippen LogP contribution in [-0.4, -0.2) is 152 Å². The summed E-state index contributed by atoms with van der Waals surface area (Å²) in [5, 5.41) is 15.0. The first kappa shape index (κ1) is 54.1. The van der Waals surface area contributed by atoms with Gasteiger partial charge in [-0.3, -0.25) is 28.9 Å². The van der Waals surface area contributed by atoms with E-state index >= 15 is 4.39 Å². The molecular formula is C47H62F2N6O11S. The monoisotopic (exact) mass is 956 g/mol. The number of nitrogens with zero attached hydrogens (tertiary/aromatic N) is 3. The quantitative estimate of drug-likeness (QED) is 0.0537. The first-order valence-corrected chi connectivity index (χ1v) is 23.1. The molecule has 17 nitrogen and oxygen atoms in total. The number of benzene rings is 2. The summed E-state index contributed by atoms with van der Waals surface area (Å²) < 4.78 is 53.2. The number of aliphatic carboxylic acids is 1. The van der Waals surface area contributed by atoms with Crippen molar-refractivity contribution < 1.29 is 61.6 Å². The molecule has 5 N–H and O–H groups in total. The summed E-state index contributed by atoms with van der Waals surface area (Å²) in [7, 11) is 0. The molecule has 67 heavy (non-hydrogen) atoms. The van der Waals surface area contributed by atoms with Gasteiger partial charge >= 0.3 is 5.97 Å². The Balaban J connectivity index is 1.18. The van der Waals surface area contributed by atoms with Crippen LogP contribution in [0.1, 0.15) is 50.9 Å². The summed E-state index contributed by atoms with van der Waals surface area (Å²) in [6.45, 7) is 8.61. The molecule has 5 amide bonds. The van der Waals surface area contributed by atoms with E-state index in [0.29, 0.717) is 44.0 Å². The Morgan fingerprint density at radius 1 is 0.851 bits per heavy atom. The number of thioether (sulfide) groups is 1. The highest BCUT2D eigenvalue weighted by Gasteiger charge is 2.37. The molecule has 0 saturated carbocycles. The predicted octanol–water partition coefficient (Wildman–Crippen LogP) is 3.55. The molecule has 3 aromatic rings. The summed E-state index contributed by atoms with van der Waals surface area (Å²) in [6, 6.07) is 12.9. The van der Waals surface area contributed by atoms with Crippen LogP contribution in [0.25, 0.3) is 11.1 Å². The van der Waals surface area contributed by atoms with Crippen molar-refractivity contribution in [2.24, 2.45) is 11.1 Å². The summed E-state index contributed by atoms with van der Waals surface area (Å²) in [5.41, 5.74) is 7.58. The Hall–Kier alpha value is -5.51. The van der Waals surface area contributed by atoms with Gasteiger partial charge < -0.3 is 49.9 Å². The van der Waals surface area contributed by atoms with Crippen LogP contribution in [0, 0.1) is 17.0 Å². The lowest BCUT2D eigenvalue weighted by Gasteiger charge is -2.41. The zero-order valence-electron chi connectivity index (χ0n) is 38.2. The fourth-order valence-corrected chi connectivity index (χ4v) is 7.96. The fraction of sp³-hybridized carbons (Fsp3) is 0.489. The molecule has 0 saturated heterocycles. The Kier molecular flexibility index (Phi) is 22.6. The van der Waals surface area contributed by atoms with Crippen molar-refractivity contribution in [3.8, 4) is 11.1 Å². The van der Waals surface area contributed by atoms with Gasteiger partial charge in [-0.25, -0.2) is 13.6 Å². The first-order chi connectivity index (χ1) is 32.1. The Labute approximate surface area is 393 Å². The van der Waals surface area contributed by atoms with Crippen LogP contribution >= 0.6 is 11.8 Å². The molecule has 2 aromatic carbocycles. The lowest BCUT2D eigenvalue weighted by Crippen LogP contribution is -2.45. The van der Waals surface area contributed by atoms with Crippen LogP contribution in [0.3, 0.4) is 0 Å². The smallest absolute Gasteiger partial charge is 0.327 e. The normalized spacial score (nSPS) is 13.5. The molecule has 2 heterocycles. The van der Waals surface area contributed by atoms with Gasteiger partial charge in [-0.15, -0.1) is 11.8 Å². The predicted molar refractivity (Wildman–Crippen MR) is 247 cm³/mol. The van der Waals surface area contributed by atoms with Crippen LogP contribution in [0.15, 0.2) is 72.9 Å². The molecule has 2 atom stereocenters. The standard InChI is InChI=1S/C47H62F2N6O11S/c1-47(2,3)45(39-26-34(36-27-35(48)10-11-37(36)49)29-53(39)28-33-8-5-4-6-9-33)54(17-7-15-50)44(60)32-67-31-38(46(61)62)52-40(56)14-18-63-20-22-65-24-25-66-23-21-64-19-16-51-41(57)30-55-42(58)12-13-43(55)59/h4-6,8-13,26-27,29,38,45H,7,14-25,28,30-32,50H2,1-3H3,(H,51,57)(H,52,56)(H,61,62). The molecule has 0 fully saturated rings. The molecule has 0 spiro atoms. The zero-order chi connectivity index (χ0) is 48.8. The Morgan fingerprint density at radius 3 is 2.09 bits per heavy atom. The second-order valence-corrected chi connectivity index (χ2v) is 17.5. The average molecular weight is 957 g/mol. The number of carboxylic acid groups (broad SMARTS) is 1. The third-order valence-corrected chi connectivity index (χ3v) is 11.2. The van der Waals surface area contributed by atoms with Crippen molar-refractivity contribution in [1.82, 2.24) is 25.0 Å². The number of ether oxygens (including phenoxy) is 4. The SMILES string of the molecule is CC(C)(C)C(c1cc(-c2cc(F)ccc2F)cn1Cc1ccccc1)N(CCCN)C(=O)CSCC(NC(=O)CCOCCOCCOCCOCCNC(=O)CN1C(=O)C=CC1=O)C(=O)O. The Bertz CT molecular complexity index is 2120. The minimum atomic E-state index is -1.27. The number of nitrogens with two attached hydrogens (primary N) is 1. The maximum atomic E-state index is 15.1. The highest BCUT2D eigenvalue weighted by atomic mass is 32.2. The summed E-state index contributed by atoms with van der Waals surface area (Å²) in [6.07, 6.45) is 4.36. The topological polar surface area (TPSA) is 221 Å². The molecular weight excluding hydrogens is 895 g/mol. The van der Waals surface area contributed by atoms with Crippen LogP contribution in [0.4, 0.5) is 8.78 Å². The van der Waals surface area contributed by atoms with Crippen molar-refractivity contribution >= 4 is 47.3 Å². The van der Waals surface area contributed by atoms with Gasteiger partial charge in [0.1, 0.15) is 24.2 Å². The largest absolute Gasteiger partial charge is 0.480 e.